The fraction of sp³-hybridized carbons (Fsp3) is 0.145. The van der Waals surface area contributed by atoms with Gasteiger partial charge in [0.15, 0.2) is 17.5 Å². The van der Waals surface area contributed by atoms with Crippen LogP contribution in [0.25, 0.3) is 103 Å². The molecule has 1 aliphatic carbocycles. The Morgan fingerprint density at radius 3 is 1.88 bits per heavy atom. The van der Waals surface area contributed by atoms with E-state index in [-0.39, 0.29) is 10.8 Å². The summed E-state index contributed by atoms with van der Waals surface area (Å²) in [5, 5.41) is 9.87. The Morgan fingerprint density at radius 2 is 1.07 bits per heavy atom. The van der Waals surface area contributed by atoms with Crippen LogP contribution in [0.3, 0.4) is 0 Å². The Bertz CT molecular complexity index is 3560. The normalized spacial score (nSPS) is 14.8. The summed E-state index contributed by atoms with van der Waals surface area (Å²) < 4.78 is 4.91. The van der Waals surface area contributed by atoms with Gasteiger partial charge >= 0.3 is 0 Å². The molecule has 0 amide bonds. The Morgan fingerprint density at radius 1 is 0.467 bits per heavy atom. The monoisotopic (exact) mass is 790 g/mol. The van der Waals surface area contributed by atoms with Crippen LogP contribution in [0.1, 0.15) is 51.7 Å². The van der Waals surface area contributed by atoms with Crippen LogP contribution in [-0.4, -0.2) is 19.5 Å². The van der Waals surface area contributed by atoms with Crippen LogP contribution < -0.4 is 0 Å². The van der Waals surface area contributed by atoms with Crippen molar-refractivity contribution in [3.05, 3.63) is 169 Å². The largest absolute Gasteiger partial charge is 0.309 e. The quantitative estimate of drug-likeness (QED) is 0.178. The topological polar surface area (TPSA) is 43.6 Å². The van der Waals surface area contributed by atoms with Gasteiger partial charge in [-0.05, 0) is 98.8 Å². The molecule has 0 bridgehead atoms. The van der Waals surface area contributed by atoms with E-state index in [0.29, 0.717) is 17.5 Å². The zero-order valence-corrected chi connectivity index (χ0v) is 34.9. The van der Waals surface area contributed by atoms with Gasteiger partial charge in [-0.15, -0.1) is 11.3 Å². The average Bonchev–Trinajstić information content (AvgIpc) is 3.83. The average molecular weight is 791 g/mol. The van der Waals surface area contributed by atoms with Crippen molar-refractivity contribution in [2.45, 2.75) is 51.4 Å². The highest BCUT2D eigenvalue weighted by atomic mass is 32.1. The molecule has 0 atom stereocenters. The minimum Gasteiger partial charge on any atom is -0.309 e. The van der Waals surface area contributed by atoms with Crippen molar-refractivity contribution >= 4 is 74.9 Å². The molecule has 1 aliphatic rings. The van der Waals surface area contributed by atoms with Gasteiger partial charge in [0, 0.05) is 53.3 Å². The first kappa shape index (κ1) is 35.3. The van der Waals surface area contributed by atoms with Crippen LogP contribution in [0.4, 0.5) is 0 Å². The number of hydrogen-bond donors (Lipinski definition) is 0. The zero-order chi connectivity index (χ0) is 40.3. The lowest BCUT2D eigenvalue weighted by Crippen LogP contribution is -2.33. The second kappa shape index (κ2) is 12.9. The fourth-order valence-corrected chi connectivity index (χ4v) is 11.2. The first-order chi connectivity index (χ1) is 29.2. The van der Waals surface area contributed by atoms with E-state index in [9.17, 15) is 0 Å². The first-order valence-corrected chi connectivity index (χ1v) is 21.8. The Labute approximate surface area is 352 Å². The molecule has 0 unspecified atom stereocenters. The predicted octanol–water partition coefficient (Wildman–Crippen LogP) is 15.0. The summed E-state index contributed by atoms with van der Waals surface area (Å²) in [5.41, 5.74) is 9.54. The van der Waals surface area contributed by atoms with Gasteiger partial charge in [-0.1, -0.05) is 143 Å². The van der Waals surface area contributed by atoms with Crippen molar-refractivity contribution in [2.75, 3.05) is 0 Å². The molecule has 0 saturated heterocycles. The molecule has 3 heterocycles. The molecule has 0 fully saturated rings. The molecule has 4 nitrogen and oxygen atoms in total. The summed E-state index contributed by atoms with van der Waals surface area (Å²) in [7, 11) is 0. The molecule has 5 heteroatoms. The van der Waals surface area contributed by atoms with E-state index in [0.717, 1.165) is 39.6 Å². The van der Waals surface area contributed by atoms with E-state index in [4.69, 9.17) is 15.0 Å². The summed E-state index contributed by atoms with van der Waals surface area (Å²) in [5.74, 6) is 1.98. The lowest BCUT2D eigenvalue weighted by atomic mass is 9.63. The minimum atomic E-state index is 0.0702. The molecule has 3 aromatic heterocycles. The molecule has 12 rings (SSSR count). The Kier molecular flexibility index (Phi) is 7.59. The third-order valence-corrected chi connectivity index (χ3v) is 14.5. The molecule has 0 saturated carbocycles. The number of nitrogens with zero attached hydrogens (tertiary/aromatic N) is 4. The predicted molar refractivity (Wildman–Crippen MR) is 254 cm³/mol. The molecule has 60 heavy (non-hydrogen) atoms. The molecule has 11 aromatic rings. The SMILES string of the molecule is CC1(C)CCC(C)(C)c2cc3c(cc21)c1c2ccccc2ccc1n3-c1cccc(-c2nc(-c3cccc4ccccc34)nc(-c3cccc4c3sc3ccccc34)n2)c1. The lowest BCUT2D eigenvalue weighted by Gasteiger charge is -2.42. The third kappa shape index (κ3) is 5.32. The minimum absolute atomic E-state index is 0.0702. The molecule has 0 N–H and O–H groups in total. The summed E-state index contributed by atoms with van der Waals surface area (Å²) in [6, 6.07) is 57.3. The second-order valence-corrected chi connectivity index (χ2v) is 18.9. The van der Waals surface area contributed by atoms with Crippen molar-refractivity contribution in [1.82, 2.24) is 19.5 Å². The third-order valence-electron chi connectivity index (χ3n) is 13.3. The standard InChI is InChI=1S/C55H42N4S/c1-54(2)28-29-55(3,4)45-32-47-43(31-44(45)54)49-38-20-8-6-15-34(38)26-27-46(49)59(47)36-18-11-17-35(30-36)51-56-52(41-23-12-16-33-14-5-7-19-37(33)41)58-53(57-51)42-24-13-22-40-39-21-9-10-25-48(39)60-50(40)42/h5-27,30-32H,28-29H2,1-4H3. The lowest BCUT2D eigenvalue weighted by molar-refractivity contribution is 0.332. The molecule has 0 spiro atoms. The van der Waals surface area contributed by atoms with Gasteiger partial charge in [-0.25, -0.2) is 15.0 Å². The van der Waals surface area contributed by atoms with Crippen molar-refractivity contribution in [1.29, 1.82) is 0 Å². The van der Waals surface area contributed by atoms with E-state index in [1.54, 1.807) is 11.3 Å². The van der Waals surface area contributed by atoms with E-state index in [1.165, 1.54) is 70.3 Å². The molecule has 0 aliphatic heterocycles. The second-order valence-electron chi connectivity index (χ2n) is 17.9. The summed E-state index contributed by atoms with van der Waals surface area (Å²) >= 11 is 1.80. The van der Waals surface area contributed by atoms with Crippen molar-refractivity contribution < 1.29 is 0 Å². The Balaban J connectivity index is 1.12. The van der Waals surface area contributed by atoms with Crippen LogP contribution in [-0.2, 0) is 10.8 Å². The van der Waals surface area contributed by atoms with Crippen LogP contribution in [0.5, 0.6) is 0 Å². The van der Waals surface area contributed by atoms with E-state index in [1.807, 2.05) is 0 Å². The van der Waals surface area contributed by atoms with Crippen LogP contribution in [0.15, 0.2) is 158 Å². The van der Waals surface area contributed by atoms with Gasteiger partial charge < -0.3 is 4.57 Å². The zero-order valence-electron chi connectivity index (χ0n) is 34.1. The van der Waals surface area contributed by atoms with E-state index >= 15 is 0 Å². The number of thiophene rings is 1. The maximum atomic E-state index is 5.36. The highest BCUT2D eigenvalue weighted by Crippen LogP contribution is 2.49. The van der Waals surface area contributed by atoms with Crippen molar-refractivity contribution in [2.24, 2.45) is 0 Å². The number of fused-ring (bicyclic) bond motifs is 10. The van der Waals surface area contributed by atoms with Crippen molar-refractivity contribution in [3.63, 3.8) is 0 Å². The first-order valence-electron chi connectivity index (χ1n) is 21.0. The number of rotatable bonds is 4. The summed E-state index contributed by atoms with van der Waals surface area (Å²) in [4.78, 5) is 16.0. The van der Waals surface area contributed by atoms with Crippen LogP contribution in [0, 0.1) is 0 Å². The maximum Gasteiger partial charge on any atom is 0.165 e. The Hall–Kier alpha value is -6.69. The molecule has 0 radical (unpaired) electrons. The van der Waals surface area contributed by atoms with Gasteiger partial charge in [0.1, 0.15) is 0 Å². The number of aromatic nitrogens is 4. The fourth-order valence-electron chi connectivity index (χ4n) is 10.00. The molecule has 8 aromatic carbocycles. The van der Waals surface area contributed by atoms with Gasteiger partial charge in [0.2, 0.25) is 0 Å². The summed E-state index contributed by atoms with van der Waals surface area (Å²) in [6.45, 7) is 9.68. The molecular weight excluding hydrogens is 749 g/mol. The van der Waals surface area contributed by atoms with Crippen molar-refractivity contribution in [3.8, 4) is 39.9 Å². The maximum absolute atomic E-state index is 5.36. The molecule has 288 valence electrons. The van der Waals surface area contributed by atoms with Crippen LogP contribution in [0.2, 0.25) is 0 Å². The number of hydrogen-bond acceptors (Lipinski definition) is 4. The molecular formula is C55H42N4S. The van der Waals surface area contributed by atoms with Gasteiger partial charge in [-0.2, -0.15) is 0 Å². The van der Waals surface area contributed by atoms with E-state index < -0.39 is 0 Å². The van der Waals surface area contributed by atoms with Gasteiger partial charge in [-0.3, -0.25) is 0 Å². The highest BCUT2D eigenvalue weighted by molar-refractivity contribution is 7.26. The highest BCUT2D eigenvalue weighted by Gasteiger charge is 2.38. The number of benzene rings is 8. The van der Waals surface area contributed by atoms with Gasteiger partial charge in [0.25, 0.3) is 0 Å². The summed E-state index contributed by atoms with van der Waals surface area (Å²) in [6.07, 6.45) is 2.33. The van der Waals surface area contributed by atoms with Gasteiger partial charge in [0.05, 0.1) is 11.0 Å². The van der Waals surface area contributed by atoms with Crippen LogP contribution >= 0.6 is 11.3 Å². The van der Waals surface area contributed by atoms with E-state index in [2.05, 4.69) is 190 Å². The smallest absolute Gasteiger partial charge is 0.165 e.